The average molecular weight is 433 g/mol. The average Bonchev–Trinajstić information content (AvgIpc) is 3.41. The van der Waals surface area contributed by atoms with Crippen molar-refractivity contribution in [1.82, 2.24) is 10.2 Å². The van der Waals surface area contributed by atoms with Crippen molar-refractivity contribution >= 4 is 23.6 Å². The Morgan fingerprint density at radius 2 is 2.03 bits per heavy atom. The van der Waals surface area contributed by atoms with E-state index in [1.54, 1.807) is 0 Å². The molecule has 0 bridgehead atoms. The lowest BCUT2D eigenvalue weighted by Gasteiger charge is -2.42. The van der Waals surface area contributed by atoms with Crippen LogP contribution in [0.25, 0.3) is 0 Å². The minimum Gasteiger partial charge on any atom is -0.481 e. The van der Waals surface area contributed by atoms with Crippen molar-refractivity contribution in [3.63, 3.8) is 0 Å². The minimum atomic E-state index is -0.924. The number of nitrogens with one attached hydrogen (secondary N) is 1. The molecule has 5 nitrogen and oxygen atoms in total. The lowest BCUT2D eigenvalue weighted by atomic mass is 9.78. The standard InChI is InChI=1S/C24H33ClN2O3/c1-14(2)19-13-27(10-9-21(28)29)22(30)26-24(19,6)15-7-8-16(20(25)11-15)17-12-18(17)23(3,4)5/h7-8,11,13-14,17-18H,9-10,12H2,1-6H3,(H,26,30)(H,28,29)/t17?,18?,24-/m0/s1. The van der Waals surface area contributed by atoms with Gasteiger partial charge in [-0.1, -0.05) is 58.4 Å². The highest BCUT2D eigenvalue weighted by Crippen LogP contribution is 2.58. The third kappa shape index (κ3) is 4.36. The van der Waals surface area contributed by atoms with E-state index in [2.05, 4.69) is 52.1 Å². The predicted molar refractivity (Wildman–Crippen MR) is 120 cm³/mol. The van der Waals surface area contributed by atoms with Crippen LogP contribution in [0.15, 0.2) is 30.0 Å². The van der Waals surface area contributed by atoms with E-state index in [-0.39, 0.29) is 30.3 Å². The van der Waals surface area contributed by atoms with E-state index in [9.17, 15) is 9.59 Å². The quantitative estimate of drug-likeness (QED) is 0.601. The Hall–Kier alpha value is -2.01. The molecule has 1 aliphatic heterocycles. The van der Waals surface area contributed by atoms with E-state index in [1.165, 1.54) is 10.5 Å². The zero-order valence-corrected chi connectivity index (χ0v) is 19.5. The normalized spacial score (nSPS) is 26.5. The lowest BCUT2D eigenvalue weighted by molar-refractivity contribution is -0.137. The molecule has 0 saturated heterocycles. The summed E-state index contributed by atoms with van der Waals surface area (Å²) in [6.07, 6.45) is 2.87. The molecule has 2 N–H and O–H groups in total. The molecule has 0 aromatic heterocycles. The molecule has 3 atom stereocenters. The smallest absolute Gasteiger partial charge is 0.322 e. The van der Waals surface area contributed by atoms with Gasteiger partial charge in [-0.15, -0.1) is 0 Å². The first-order chi connectivity index (χ1) is 13.8. The summed E-state index contributed by atoms with van der Waals surface area (Å²) in [5, 5.41) is 12.8. The number of benzene rings is 1. The van der Waals surface area contributed by atoms with Crippen LogP contribution in [0.3, 0.4) is 0 Å². The van der Waals surface area contributed by atoms with Crippen LogP contribution in [0.2, 0.25) is 5.02 Å². The third-order valence-electron chi connectivity index (χ3n) is 6.56. The van der Waals surface area contributed by atoms with Crippen LogP contribution >= 0.6 is 11.6 Å². The maximum atomic E-state index is 12.7. The summed E-state index contributed by atoms with van der Waals surface area (Å²) in [6.45, 7) is 13.1. The lowest BCUT2D eigenvalue weighted by Crippen LogP contribution is -2.55. The molecule has 1 heterocycles. The number of hydrogen-bond donors (Lipinski definition) is 2. The third-order valence-corrected chi connectivity index (χ3v) is 6.89. The van der Waals surface area contributed by atoms with Gasteiger partial charge in [0.05, 0.1) is 12.0 Å². The summed E-state index contributed by atoms with van der Waals surface area (Å²) < 4.78 is 0. The van der Waals surface area contributed by atoms with Crippen LogP contribution < -0.4 is 5.32 Å². The predicted octanol–water partition coefficient (Wildman–Crippen LogP) is 5.74. The number of nitrogens with zero attached hydrogens (tertiary/aromatic N) is 1. The summed E-state index contributed by atoms with van der Waals surface area (Å²) in [7, 11) is 0. The van der Waals surface area contributed by atoms with Gasteiger partial charge in [0.2, 0.25) is 0 Å². The molecule has 1 saturated carbocycles. The molecule has 0 radical (unpaired) electrons. The maximum absolute atomic E-state index is 12.7. The van der Waals surface area contributed by atoms with Gasteiger partial charge < -0.3 is 15.3 Å². The largest absolute Gasteiger partial charge is 0.481 e. The number of carboxylic acids is 1. The van der Waals surface area contributed by atoms with E-state index in [1.807, 2.05) is 19.2 Å². The number of carbonyl (C=O) groups is 2. The van der Waals surface area contributed by atoms with Gasteiger partial charge in [-0.25, -0.2) is 4.79 Å². The topological polar surface area (TPSA) is 69.6 Å². The Morgan fingerprint density at radius 3 is 2.53 bits per heavy atom. The van der Waals surface area contributed by atoms with Crippen molar-refractivity contribution in [2.45, 2.75) is 65.8 Å². The van der Waals surface area contributed by atoms with Crippen molar-refractivity contribution in [2.24, 2.45) is 17.3 Å². The van der Waals surface area contributed by atoms with Crippen molar-refractivity contribution in [3.8, 4) is 0 Å². The van der Waals surface area contributed by atoms with Crippen LogP contribution in [-0.2, 0) is 10.3 Å². The number of amides is 2. The zero-order chi connectivity index (χ0) is 22.4. The highest BCUT2D eigenvalue weighted by atomic mass is 35.5. The summed E-state index contributed by atoms with van der Waals surface area (Å²) in [5.74, 6) is 0.369. The monoisotopic (exact) mass is 432 g/mol. The molecule has 164 valence electrons. The van der Waals surface area contributed by atoms with Crippen molar-refractivity contribution < 1.29 is 14.7 Å². The molecule has 1 fully saturated rings. The molecule has 1 aromatic carbocycles. The summed E-state index contributed by atoms with van der Waals surface area (Å²) in [5.41, 5.74) is 2.72. The first kappa shape index (κ1) is 22.7. The highest BCUT2D eigenvalue weighted by Gasteiger charge is 2.47. The summed E-state index contributed by atoms with van der Waals surface area (Å²) >= 11 is 6.73. The van der Waals surface area contributed by atoms with Crippen LogP contribution in [-0.4, -0.2) is 28.6 Å². The maximum Gasteiger partial charge on any atom is 0.322 e. The molecule has 1 aliphatic carbocycles. The van der Waals surface area contributed by atoms with Crippen molar-refractivity contribution in [3.05, 3.63) is 46.1 Å². The molecule has 6 heteroatoms. The Balaban J connectivity index is 1.92. The molecule has 2 aliphatic rings. The van der Waals surface area contributed by atoms with Crippen LogP contribution in [0, 0.1) is 17.3 Å². The first-order valence-electron chi connectivity index (χ1n) is 10.7. The van der Waals surface area contributed by atoms with E-state index in [0.29, 0.717) is 11.8 Å². The highest BCUT2D eigenvalue weighted by molar-refractivity contribution is 6.31. The molecule has 2 amide bonds. The Morgan fingerprint density at radius 1 is 1.37 bits per heavy atom. The molecule has 30 heavy (non-hydrogen) atoms. The second-order valence-electron chi connectivity index (χ2n) is 10.2. The molecule has 3 rings (SSSR count). The first-order valence-corrected chi connectivity index (χ1v) is 11.0. The van der Waals surface area contributed by atoms with Crippen molar-refractivity contribution in [1.29, 1.82) is 0 Å². The Labute approximate surface area is 184 Å². The van der Waals surface area contributed by atoms with E-state index in [4.69, 9.17) is 16.7 Å². The van der Waals surface area contributed by atoms with Gasteiger partial charge in [0, 0.05) is 17.8 Å². The number of carboxylic acid groups (broad SMARTS) is 1. The van der Waals surface area contributed by atoms with Gasteiger partial charge >= 0.3 is 12.0 Å². The fourth-order valence-electron chi connectivity index (χ4n) is 4.70. The van der Waals surface area contributed by atoms with E-state index in [0.717, 1.165) is 22.6 Å². The molecular formula is C24H33ClN2O3. The SMILES string of the molecule is CC(C)C1=CN(CCC(=O)O)C(=O)N[C@@]1(C)c1ccc(C2CC2C(C)(C)C)c(Cl)c1. The van der Waals surface area contributed by atoms with Crippen LogP contribution in [0.5, 0.6) is 0 Å². The Bertz CT molecular complexity index is 887. The molecular weight excluding hydrogens is 400 g/mol. The fourth-order valence-corrected chi connectivity index (χ4v) is 5.02. The second kappa shape index (κ2) is 7.92. The van der Waals surface area contributed by atoms with Crippen LogP contribution in [0.1, 0.15) is 71.4 Å². The van der Waals surface area contributed by atoms with E-state index >= 15 is 0 Å². The van der Waals surface area contributed by atoms with Gasteiger partial charge in [0.1, 0.15) is 0 Å². The van der Waals surface area contributed by atoms with Gasteiger partial charge in [0.15, 0.2) is 0 Å². The van der Waals surface area contributed by atoms with Crippen molar-refractivity contribution in [2.75, 3.05) is 6.54 Å². The summed E-state index contributed by atoms with van der Waals surface area (Å²) in [4.78, 5) is 25.1. The van der Waals surface area contributed by atoms with Gasteiger partial charge in [-0.3, -0.25) is 4.79 Å². The number of halogens is 1. The number of carbonyl (C=O) groups excluding carboxylic acids is 1. The summed E-state index contributed by atoms with van der Waals surface area (Å²) in [6, 6.07) is 5.87. The minimum absolute atomic E-state index is 0.0944. The van der Waals surface area contributed by atoms with Crippen LogP contribution in [0.4, 0.5) is 4.79 Å². The fraction of sp³-hybridized carbons (Fsp3) is 0.583. The van der Waals surface area contributed by atoms with Gasteiger partial charge in [-0.05, 0) is 59.3 Å². The molecule has 1 aromatic rings. The van der Waals surface area contributed by atoms with E-state index < -0.39 is 11.5 Å². The number of hydrogen-bond acceptors (Lipinski definition) is 2. The number of aliphatic carboxylic acids is 1. The Kier molecular flexibility index (Phi) is 5.98. The molecule has 2 unspecified atom stereocenters. The number of urea groups is 1. The zero-order valence-electron chi connectivity index (χ0n) is 18.8. The van der Waals surface area contributed by atoms with Gasteiger partial charge in [-0.2, -0.15) is 0 Å². The second-order valence-corrected chi connectivity index (χ2v) is 10.6. The number of rotatable bonds is 6. The molecule has 0 spiro atoms. The van der Waals surface area contributed by atoms with Gasteiger partial charge in [0.25, 0.3) is 0 Å².